The minimum atomic E-state index is -0.316. The van der Waals surface area contributed by atoms with Crippen molar-refractivity contribution in [3.05, 3.63) is 36.5 Å². The Labute approximate surface area is 137 Å². The van der Waals surface area contributed by atoms with E-state index < -0.39 is 0 Å². The van der Waals surface area contributed by atoms with E-state index >= 15 is 0 Å². The summed E-state index contributed by atoms with van der Waals surface area (Å²) in [6.45, 7) is 0.954. The third-order valence-corrected chi connectivity index (χ3v) is 4.82. The number of anilines is 1. The molecular formula is C15H18N4O3S. The quantitative estimate of drug-likeness (QED) is 0.751. The van der Waals surface area contributed by atoms with Crippen molar-refractivity contribution < 1.29 is 15.2 Å². The number of nitrogens with zero attached hydrogens (tertiary/aromatic N) is 3. The number of carbonyl (C=O) groups is 1. The van der Waals surface area contributed by atoms with E-state index in [1.165, 1.54) is 11.3 Å². The standard InChI is InChI=1S/C15H18N4O3S/c20-15(18-8-6-12(7-9-18)19(21)22)17-14-16-10-13(23-14)11-4-2-1-3-5-11/h1-5,10,12,21-22H,6-9H2,(H,16,17,20). The number of hydroxylamine groups is 2. The number of benzene rings is 1. The molecule has 1 aliphatic heterocycles. The van der Waals surface area contributed by atoms with Gasteiger partial charge in [-0.3, -0.25) is 15.7 Å². The Morgan fingerprint density at radius 1 is 1.26 bits per heavy atom. The molecule has 1 saturated heterocycles. The van der Waals surface area contributed by atoms with Crippen LogP contribution in [0.25, 0.3) is 10.4 Å². The topological polar surface area (TPSA) is 88.9 Å². The van der Waals surface area contributed by atoms with Gasteiger partial charge in [0.1, 0.15) is 0 Å². The summed E-state index contributed by atoms with van der Waals surface area (Å²) in [5.74, 6) is 0. The van der Waals surface area contributed by atoms with Crippen LogP contribution in [0.5, 0.6) is 0 Å². The molecule has 0 radical (unpaired) electrons. The van der Waals surface area contributed by atoms with Crippen LogP contribution in [0.15, 0.2) is 36.5 Å². The molecule has 2 aromatic rings. The Morgan fingerprint density at radius 2 is 1.96 bits per heavy atom. The van der Waals surface area contributed by atoms with E-state index in [4.69, 9.17) is 10.4 Å². The number of nitrogens with one attached hydrogen (secondary N) is 1. The van der Waals surface area contributed by atoms with Gasteiger partial charge >= 0.3 is 6.03 Å². The fraction of sp³-hybridized carbons (Fsp3) is 0.333. The summed E-state index contributed by atoms with van der Waals surface area (Å²) < 4.78 is 0. The zero-order valence-electron chi connectivity index (χ0n) is 12.4. The largest absolute Gasteiger partial charge is 0.324 e. The highest BCUT2D eigenvalue weighted by atomic mass is 32.1. The highest BCUT2D eigenvalue weighted by molar-refractivity contribution is 7.19. The van der Waals surface area contributed by atoms with Crippen LogP contribution in [0, 0.1) is 0 Å². The van der Waals surface area contributed by atoms with Crippen LogP contribution in [0.4, 0.5) is 9.93 Å². The van der Waals surface area contributed by atoms with Crippen molar-refractivity contribution in [2.75, 3.05) is 18.4 Å². The average molecular weight is 334 g/mol. The van der Waals surface area contributed by atoms with Gasteiger partial charge in [-0.15, -0.1) is 0 Å². The number of thiazole rings is 1. The number of carbonyl (C=O) groups excluding carboxylic acids is 1. The van der Waals surface area contributed by atoms with E-state index in [1.54, 1.807) is 11.1 Å². The van der Waals surface area contributed by atoms with Crippen LogP contribution in [-0.4, -0.2) is 50.7 Å². The number of likely N-dealkylation sites (tertiary alicyclic amines) is 1. The molecule has 1 aromatic heterocycles. The zero-order chi connectivity index (χ0) is 16.2. The summed E-state index contributed by atoms with van der Waals surface area (Å²) in [5.41, 5.74) is 1.07. The third-order valence-electron chi connectivity index (χ3n) is 3.86. The Hall–Kier alpha value is -2.00. The second kappa shape index (κ2) is 7.05. The van der Waals surface area contributed by atoms with Gasteiger partial charge in [0.15, 0.2) is 5.13 Å². The number of piperidine rings is 1. The second-order valence-electron chi connectivity index (χ2n) is 5.36. The molecular weight excluding hydrogens is 316 g/mol. The summed E-state index contributed by atoms with van der Waals surface area (Å²) in [6.07, 6.45) is 2.79. The van der Waals surface area contributed by atoms with E-state index in [2.05, 4.69) is 10.3 Å². The summed E-state index contributed by atoms with van der Waals surface area (Å²) >= 11 is 1.43. The first-order valence-corrected chi connectivity index (χ1v) is 8.19. The maximum Gasteiger partial charge on any atom is 0.323 e. The van der Waals surface area contributed by atoms with Gasteiger partial charge in [-0.05, 0) is 18.4 Å². The minimum absolute atomic E-state index is 0.208. The summed E-state index contributed by atoms with van der Waals surface area (Å²) in [7, 11) is 0. The van der Waals surface area contributed by atoms with Gasteiger partial charge in [-0.1, -0.05) is 46.9 Å². The number of amides is 2. The van der Waals surface area contributed by atoms with E-state index in [-0.39, 0.29) is 17.3 Å². The van der Waals surface area contributed by atoms with Gasteiger partial charge in [0, 0.05) is 19.3 Å². The molecule has 0 atom stereocenters. The second-order valence-corrected chi connectivity index (χ2v) is 6.40. The van der Waals surface area contributed by atoms with Crippen molar-refractivity contribution in [2.45, 2.75) is 18.9 Å². The van der Waals surface area contributed by atoms with Crippen LogP contribution in [0.1, 0.15) is 12.8 Å². The molecule has 8 heteroatoms. The van der Waals surface area contributed by atoms with Crippen LogP contribution < -0.4 is 5.32 Å². The Bertz CT molecular complexity index is 654. The molecule has 3 N–H and O–H groups in total. The smallest absolute Gasteiger partial charge is 0.323 e. The summed E-state index contributed by atoms with van der Waals surface area (Å²) in [5, 5.41) is 21.6. The Morgan fingerprint density at radius 3 is 2.61 bits per heavy atom. The van der Waals surface area contributed by atoms with Crippen molar-refractivity contribution >= 4 is 22.5 Å². The van der Waals surface area contributed by atoms with Crippen LogP contribution >= 0.6 is 11.3 Å². The number of hydrogen-bond donors (Lipinski definition) is 3. The molecule has 2 amide bonds. The van der Waals surface area contributed by atoms with Crippen LogP contribution in [-0.2, 0) is 0 Å². The molecule has 0 unspecified atom stereocenters. The highest BCUT2D eigenvalue weighted by Gasteiger charge is 2.26. The number of urea groups is 1. The van der Waals surface area contributed by atoms with E-state index in [9.17, 15) is 4.79 Å². The maximum absolute atomic E-state index is 12.2. The number of aromatic nitrogens is 1. The van der Waals surface area contributed by atoms with Crippen molar-refractivity contribution in [3.63, 3.8) is 0 Å². The molecule has 0 bridgehead atoms. The zero-order valence-corrected chi connectivity index (χ0v) is 13.2. The lowest BCUT2D eigenvalue weighted by molar-refractivity contribution is -0.335. The van der Waals surface area contributed by atoms with E-state index in [0.717, 1.165) is 10.4 Å². The van der Waals surface area contributed by atoms with Gasteiger partial charge in [-0.2, -0.15) is 0 Å². The highest BCUT2D eigenvalue weighted by Crippen LogP contribution is 2.28. The maximum atomic E-state index is 12.2. The van der Waals surface area contributed by atoms with Gasteiger partial charge in [-0.25, -0.2) is 9.78 Å². The van der Waals surface area contributed by atoms with Gasteiger partial charge < -0.3 is 4.90 Å². The first-order valence-electron chi connectivity index (χ1n) is 7.37. The number of rotatable bonds is 3. The Balaban J connectivity index is 1.58. The molecule has 0 aliphatic carbocycles. The molecule has 1 aliphatic rings. The molecule has 0 spiro atoms. The molecule has 23 heavy (non-hydrogen) atoms. The fourth-order valence-corrected chi connectivity index (χ4v) is 3.35. The fourth-order valence-electron chi connectivity index (χ4n) is 2.54. The third kappa shape index (κ3) is 3.85. The van der Waals surface area contributed by atoms with Gasteiger partial charge in [0.05, 0.1) is 10.9 Å². The first kappa shape index (κ1) is 15.9. The molecule has 122 valence electrons. The molecule has 0 saturated carbocycles. The average Bonchev–Trinajstić information content (AvgIpc) is 3.04. The van der Waals surface area contributed by atoms with Crippen molar-refractivity contribution in [3.8, 4) is 10.4 Å². The molecule has 1 fully saturated rings. The van der Waals surface area contributed by atoms with E-state index in [0.29, 0.717) is 31.1 Å². The van der Waals surface area contributed by atoms with Crippen molar-refractivity contribution in [2.24, 2.45) is 0 Å². The normalized spacial score (nSPS) is 15.9. The predicted octanol–water partition coefficient (Wildman–Crippen LogP) is 2.89. The van der Waals surface area contributed by atoms with Gasteiger partial charge in [0.2, 0.25) is 0 Å². The molecule has 2 heterocycles. The molecule has 1 aromatic carbocycles. The molecule has 3 rings (SSSR count). The van der Waals surface area contributed by atoms with Crippen LogP contribution in [0.2, 0.25) is 0 Å². The Kier molecular flexibility index (Phi) is 4.87. The van der Waals surface area contributed by atoms with Crippen LogP contribution in [0.3, 0.4) is 0 Å². The molecule has 7 nitrogen and oxygen atoms in total. The summed E-state index contributed by atoms with van der Waals surface area (Å²) in [6, 6.07) is 9.35. The minimum Gasteiger partial charge on any atom is -0.324 e. The number of hydrogen-bond acceptors (Lipinski definition) is 6. The predicted molar refractivity (Wildman–Crippen MR) is 86.6 cm³/mol. The lowest BCUT2D eigenvalue weighted by Crippen LogP contribution is -2.46. The summed E-state index contributed by atoms with van der Waals surface area (Å²) in [4.78, 5) is 19.1. The monoisotopic (exact) mass is 334 g/mol. The van der Waals surface area contributed by atoms with Crippen molar-refractivity contribution in [1.29, 1.82) is 0 Å². The van der Waals surface area contributed by atoms with E-state index in [1.807, 2.05) is 30.3 Å². The first-order chi connectivity index (χ1) is 11.1. The van der Waals surface area contributed by atoms with Crippen molar-refractivity contribution in [1.82, 2.24) is 15.1 Å². The lowest BCUT2D eigenvalue weighted by Gasteiger charge is -2.32. The lowest BCUT2D eigenvalue weighted by atomic mass is 10.1. The van der Waals surface area contributed by atoms with Gasteiger partial charge in [0.25, 0.3) is 0 Å². The SMILES string of the molecule is O=C(Nc1ncc(-c2ccccc2)s1)N1CCC(N(O)O)CC1.